The molecule has 1 N–H and O–H groups in total. The van der Waals surface area contributed by atoms with Gasteiger partial charge in [-0.2, -0.15) is 0 Å². The number of fused-ring (bicyclic) bond motifs is 1. The monoisotopic (exact) mass is 472 g/mol. The lowest BCUT2D eigenvalue weighted by molar-refractivity contribution is 0.0744. The molecule has 35 heavy (non-hydrogen) atoms. The van der Waals surface area contributed by atoms with Crippen LogP contribution in [-0.2, 0) is 0 Å². The molecular weight excluding hydrogens is 440 g/mol. The zero-order valence-electron chi connectivity index (χ0n) is 20.4. The van der Waals surface area contributed by atoms with Gasteiger partial charge >= 0.3 is 0 Å². The Kier molecular flexibility index (Phi) is 6.85. The second-order valence-electron chi connectivity index (χ2n) is 9.30. The highest BCUT2D eigenvalue weighted by Crippen LogP contribution is 2.23. The highest BCUT2D eigenvalue weighted by Gasteiger charge is 2.20. The van der Waals surface area contributed by atoms with Crippen molar-refractivity contribution in [3.05, 3.63) is 47.7 Å². The Balaban J connectivity index is 1.46. The normalized spacial score (nSPS) is 16.8. The van der Waals surface area contributed by atoms with Crippen molar-refractivity contribution in [1.82, 2.24) is 30.4 Å². The van der Waals surface area contributed by atoms with E-state index < -0.39 is 0 Å². The van der Waals surface area contributed by atoms with Gasteiger partial charge in [-0.1, -0.05) is 18.6 Å². The Bertz CT molecular complexity index is 1230. The summed E-state index contributed by atoms with van der Waals surface area (Å²) in [5.41, 5.74) is 4.28. The van der Waals surface area contributed by atoms with Gasteiger partial charge in [-0.15, -0.1) is 0 Å². The quantitative estimate of drug-likeness (QED) is 0.584. The summed E-state index contributed by atoms with van der Waals surface area (Å²) in [6.07, 6.45) is 9.26. The SMILES string of the molecule is CN(C)c1nc(C=Cc2nc(C(=O)NN3CCCCC3)cc(N3CCCC3)n2)nc2ccccc12. The first-order valence-electron chi connectivity index (χ1n) is 12.4. The van der Waals surface area contributed by atoms with Gasteiger partial charge in [0.15, 0.2) is 11.6 Å². The highest BCUT2D eigenvalue weighted by atomic mass is 16.2. The summed E-state index contributed by atoms with van der Waals surface area (Å²) in [5, 5.41) is 2.99. The summed E-state index contributed by atoms with van der Waals surface area (Å²) in [7, 11) is 3.94. The second kappa shape index (κ2) is 10.4. The number of carbonyl (C=O) groups is 1. The lowest BCUT2D eigenvalue weighted by Crippen LogP contribution is -2.45. The molecule has 0 bridgehead atoms. The summed E-state index contributed by atoms with van der Waals surface area (Å²) < 4.78 is 0. The Morgan fingerprint density at radius 2 is 1.57 bits per heavy atom. The summed E-state index contributed by atoms with van der Waals surface area (Å²) in [4.78, 5) is 36.0. The maximum Gasteiger partial charge on any atom is 0.284 e. The van der Waals surface area contributed by atoms with E-state index in [9.17, 15) is 4.79 Å². The molecule has 2 fully saturated rings. The van der Waals surface area contributed by atoms with Gasteiger partial charge in [0.25, 0.3) is 5.91 Å². The van der Waals surface area contributed by atoms with Crippen molar-refractivity contribution in [3.8, 4) is 0 Å². The van der Waals surface area contributed by atoms with Crippen LogP contribution in [0.25, 0.3) is 23.1 Å². The highest BCUT2D eigenvalue weighted by molar-refractivity contribution is 5.93. The lowest BCUT2D eigenvalue weighted by Gasteiger charge is -2.26. The number of amides is 1. The third-order valence-corrected chi connectivity index (χ3v) is 6.41. The van der Waals surface area contributed by atoms with Crippen molar-refractivity contribution >= 4 is 40.6 Å². The van der Waals surface area contributed by atoms with Gasteiger partial charge in [-0.3, -0.25) is 10.2 Å². The molecule has 1 amide bonds. The summed E-state index contributed by atoms with van der Waals surface area (Å²) in [5.74, 6) is 2.49. The van der Waals surface area contributed by atoms with Crippen LogP contribution in [0.5, 0.6) is 0 Å². The van der Waals surface area contributed by atoms with E-state index in [1.54, 1.807) is 12.1 Å². The molecule has 0 saturated carbocycles. The van der Waals surface area contributed by atoms with Gasteiger partial charge in [0.2, 0.25) is 0 Å². The predicted octanol–water partition coefficient (Wildman–Crippen LogP) is 3.39. The van der Waals surface area contributed by atoms with E-state index in [0.717, 1.165) is 74.4 Å². The molecule has 2 aliphatic heterocycles. The van der Waals surface area contributed by atoms with Crippen LogP contribution >= 0.6 is 0 Å². The van der Waals surface area contributed by atoms with Crippen LogP contribution in [0.4, 0.5) is 11.6 Å². The fourth-order valence-electron chi connectivity index (χ4n) is 4.60. The average molecular weight is 473 g/mol. The molecule has 0 spiro atoms. The topological polar surface area (TPSA) is 90.4 Å². The molecule has 2 aromatic heterocycles. The van der Waals surface area contributed by atoms with Crippen molar-refractivity contribution in [3.63, 3.8) is 0 Å². The summed E-state index contributed by atoms with van der Waals surface area (Å²) in [6, 6.07) is 9.77. The van der Waals surface area contributed by atoms with Crippen LogP contribution in [-0.4, -0.2) is 71.1 Å². The molecule has 3 aromatic rings. The van der Waals surface area contributed by atoms with Crippen LogP contribution in [0.2, 0.25) is 0 Å². The van der Waals surface area contributed by atoms with Gasteiger partial charge in [-0.25, -0.2) is 24.9 Å². The molecule has 0 aliphatic carbocycles. The predicted molar refractivity (Wildman–Crippen MR) is 139 cm³/mol. The number of nitrogens with zero attached hydrogens (tertiary/aromatic N) is 7. The number of rotatable bonds is 6. The number of para-hydroxylation sites is 1. The number of piperidine rings is 1. The molecule has 182 valence electrons. The van der Waals surface area contributed by atoms with E-state index in [-0.39, 0.29) is 5.91 Å². The zero-order valence-corrected chi connectivity index (χ0v) is 20.4. The van der Waals surface area contributed by atoms with Crippen molar-refractivity contribution in [2.75, 3.05) is 50.1 Å². The molecular formula is C26H32N8O. The van der Waals surface area contributed by atoms with Crippen LogP contribution in [0, 0.1) is 0 Å². The number of aromatic nitrogens is 4. The molecule has 0 unspecified atom stereocenters. The third-order valence-electron chi connectivity index (χ3n) is 6.41. The van der Waals surface area contributed by atoms with Crippen molar-refractivity contribution in [1.29, 1.82) is 0 Å². The first kappa shape index (κ1) is 23.2. The first-order valence-corrected chi connectivity index (χ1v) is 12.4. The summed E-state index contributed by atoms with van der Waals surface area (Å²) in [6.45, 7) is 3.62. The molecule has 1 aromatic carbocycles. The van der Waals surface area contributed by atoms with Crippen LogP contribution in [0.3, 0.4) is 0 Å². The van der Waals surface area contributed by atoms with E-state index in [2.05, 4.69) is 15.3 Å². The van der Waals surface area contributed by atoms with Gasteiger partial charge < -0.3 is 9.80 Å². The van der Waals surface area contributed by atoms with Crippen molar-refractivity contribution in [2.24, 2.45) is 0 Å². The third kappa shape index (κ3) is 5.40. The standard InChI is InChI=1S/C26H32N8O/c1-32(2)25-19-10-4-5-11-20(19)27-23(30-25)13-12-22-28-21(18-24(29-22)33-14-8-9-15-33)26(35)31-34-16-6-3-7-17-34/h4-5,10-13,18H,3,6-9,14-17H2,1-2H3,(H,31,35). The Morgan fingerprint density at radius 1 is 0.886 bits per heavy atom. The average Bonchev–Trinajstić information content (AvgIpc) is 3.42. The fourth-order valence-corrected chi connectivity index (χ4v) is 4.60. The Morgan fingerprint density at radius 3 is 2.31 bits per heavy atom. The Labute approximate surface area is 205 Å². The van der Waals surface area contributed by atoms with Gasteiger partial charge in [-0.05, 0) is 50.0 Å². The number of hydrogen-bond donors (Lipinski definition) is 1. The van der Waals surface area contributed by atoms with Gasteiger partial charge in [0, 0.05) is 51.7 Å². The molecule has 4 heterocycles. The number of benzene rings is 1. The van der Waals surface area contributed by atoms with Crippen LogP contribution in [0.15, 0.2) is 30.3 Å². The van der Waals surface area contributed by atoms with E-state index in [4.69, 9.17) is 15.0 Å². The first-order chi connectivity index (χ1) is 17.1. The Hall–Kier alpha value is -3.59. The van der Waals surface area contributed by atoms with E-state index in [1.165, 1.54) is 6.42 Å². The number of nitrogens with one attached hydrogen (secondary N) is 1. The number of carbonyl (C=O) groups excluding carboxylic acids is 1. The van der Waals surface area contributed by atoms with E-state index in [0.29, 0.717) is 17.3 Å². The molecule has 2 aliphatic rings. The lowest BCUT2D eigenvalue weighted by atomic mass is 10.2. The zero-order chi connectivity index (χ0) is 24.2. The second-order valence-corrected chi connectivity index (χ2v) is 9.30. The molecule has 0 atom stereocenters. The molecule has 2 saturated heterocycles. The molecule has 9 nitrogen and oxygen atoms in total. The molecule has 9 heteroatoms. The van der Waals surface area contributed by atoms with E-state index >= 15 is 0 Å². The van der Waals surface area contributed by atoms with Gasteiger partial charge in [0.05, 0.1) is 5.52 Å². The largest absolute Gasteiger partial charge is 0.362 e. The summed E-state index contributed by atoms with van der Waals surface area (Å²) >= 11 is 0. The minimum absolute atomic E-state index is 0.193. The smallest absolute Gasteiger partial charge is 0.284 e. The fraction of sp³-hybridized carbons (Fsp3) is 0.423. The van der Waals surface area contributed by atoms with Crippen molar-refractivity contribution in [2.45, 2.75) is 32.1 Å². The number of hydrazine groups is 1. The van der Waals surface area contributed by atoms with Crippen molar-refractivity contribution < 1.29 is 4.79 Å². The maximum atomic E-state index is 13.1. The minimum atomic E-state index is -0.193. The minimum Gasteiger partial charge on any atom is -0.362 e. The molecule has 0 radical (unpaired) electrons. The maximum absolute atomic E-state index is 13.1. The van der Waals surface area contributed by atoms with Crippen LogP contribution in [0.1, 0.15) is 54.2 Å². The molecule has 5 rings (SSSR count). The number of hydrogen-bond acceptors (Lipinski definition) is 8. The van der Waals surface area contributed by atoms with E-state index in [1.807, 2.05) is 54.3 Å². The number of anilines is 2. The van der Waals surface area contributed by atoms with Gasteiger partial charge in [0.1, 0.15) is 17.3 Å². The van der Waals surface area contributed by atoms with Crippen LogP contribution < -0.4 is 15.2 Å².